The summed E-state index contributed by atoms with van der Waals surface area (Å²) < 4.78 is 4.77. The number of methoxy groups -OCH3 is 1. The molecule has 0 aliphatic carbocycles. The van der Waals surface area contributed by atoms with Crippen LogP contribution in [-0.4, -0.2) is 48.8 Å². The van der Waals surface area contributed by atoms with E-state index < -0.39 is 12.1 Å². The number of hydrogen-bond acceptors (Lipinski definition) is 4. The summed E-state index contributed by atoms with van der Waals surface area (Å²) in [5.74, 6) is -0.707. The highest BCUT2D eigenvalue weighted by Crippen LogP contribution is 2.32. The summed E-state index contributed by atoms with van der Waals surface area (Å²) in [6.07, 6.45) is 4.06. The molecule has 0 radical (unpaired) electrons. The van der Waals surface area contributed by atoms with Gasteiger partial charge in [0.15, 0.2) is 6.10 Å². The van der Waals surface area contributed by atoms with Gasteiger partial charge in [0.2, 0.25) is 5.91 Å². The predicted molar refractivity (Wildman–Crippen MR) is 68.7 cm³/mol. The van der Waals surface area contributed by atoms with Gasteiger partial charge in [-0.2, -0.15) is 0 Å². The molecule has 2 heterocycles. The van der Waals surface area contributed by atoms with Crippen molar-refractivity contribution >= 4 is 11.9 Å². The Balaban J connectivity index is 1.71. The van der Waals surface area contributed by atoms with E-state index in [9.17, 15) is 9.59 Å². The van der Waals surface area contributed by atoms with Gasteiger partial charge >= 0.3 is 5.97 Å². The fourth-order valence-corrected chi connectivity index (χ4v) is 3.15. The number of carboxylic acids is 1. The molecule has 2 aliphatic rings. The first kappa shape index (κ1) is 14.3. The zero-order chi connectivity index (χ0) is 13.8. The van der Waals surface area contributed by atoms with Gasteiger partial charge in [0, 0.05) is 25.6 Å². The highest BCUT2D eigenvalue weighted by molar-refractivity contribution is 5.78. The smallest absolute Gasteiger partial charge is 0.334 e. The average Bonchev–Trinajstić information content (AvgIpc) is 2.69. The lowest BCUT2D eigenvalue weighted by atomic mass is 9.89. The number of carbonyl (C=O) groups excluding carboxylic acids is 1. The van der Waals surface area contributed by atoms with Crippen molar-refractivity contribution in [1.82, 2.24) is 10.6 Å². The maximum Gasteiger partial charge on any atom is 0.334 e. The number of fused-ring (bicyclic) bond motifs is 2. The first-order valence-corrected chi connectivity index (χ1v) is 6.86. The number of piperidine rings is 1. The van der Waals surface area contributed by atoms with Crippen LogP contribution in [0.2, 0.25) is 0 Å². The maximum absolute atomic E-state index is 11.8. The van der Waals surface area contributed by atoms with Crippen molar-refractivity contribution in [2.24, 2.45) is 5.92 Å². The van der Waals surface area contributed by atoms with Crippen LogP contribution >= 0.6 is 0 Å². The van der Waals surface area contributed by atoms with Crippen LogP contribution in [0.15, 0.2) is 0 Å². The monoisotopic (exact) mass is 270 g/mol. The van der Waals surface area contributed by atoms with Crippen LogP contribution in [0, 0.1) is 5.92 Å². The minimum atomic E-state index is -1.05. The number of rotatable bonds is 6. The third kappa shape index (κ3) is 3.91. The van der Waals surface area contributed by atoms with E-state index in [0.717, 1.165) is 12.8 Å². The Labute approximate surface area is 112 Å². The lowest BCUT2D eigenvalue weighted by Gasteiger charge is -2.28. The Hall–Kier alpha value is -1.14. The number of amides is 1. The normalized spacial score (nSPS) is 30.9. The molecule has 2 bridgehead atoms. The van der Waals surface area contributed by atoms with Gasteiger partial charge < -0.3 is 20.5 Å². The van der Waals surface area contributed by atoms with Crippen molar-refractivity contribution in [3.63, 3.8) is 0 Å². The number of carboxylic acid groups (broad SMARTS) is 1. The van der Waals surface area contributed by atoms with E-state index in [1.165, 1.54) is 20.0 Å². The number of hydrogen-bond donors (Lipinski definition) is 3. The molecule has 0 aromatic carbocycles. The zero-order valence-corrected chi connectivity index (χ0v) is 11.2. The van der Waals surface area contributed by atoms with Crippen LogP contribution in [0.25, 0.3) is 0 Å². The summed E-state index contributed by atoms with van der Waals surface area (Å²) in [5, 5.41) is 15.0. The lowest BCUT2D eigenvalue weighted by molar-refractivity contribution is -0.148. The molecule has 2 fully saturated rings. The summed E-state index contributed by atoms with van der Waals surface area (Å²) in [5.41, 5.74) is 0. The second kappa shape index (κ2) is 6.34. The standard InChI is InChI=1S/C13H22N2O4/c1-19-11(13(17)18)7-14-12(16)6-8-4-9-2-3-10(5-8)15-9/h8-11,15H,2-7H2,1H3,(H,14,16)(H,17,18). The van der Waals surface area contributed by atoms with E-state index in [0.29, 0.717) is 24.4 Å². The molecule has 2 saturated heterocycles. The van der Waals surface area contributed by atoms with Crippen molar-refractivity contribution in [3.8, 4) is 0 Å². The Morgan fingerprint density at radius 1 is 1.37 bits per heavy atom. The molecule has 0 spiro atoms. The molecule has 0 aromatic heterocycles. The summed E-state index contributed by atoms with van der Waals surface area (Å²) in [4.78, 5) is 22.6. The van der Waals surface area contributed by atoms with Gasteiger partial charge in [0.1, 0.15) is 0 Å². The molecule has 3 unspecified atom stereocenters. The molecular weight excluding hydrogens is 248 g/mol. The minimum Gasteiger partial charge on any atom is -0.479 e. The molecule has 2 aliphatic heterocycles. The quantitative estimate of drug-likeness (QED) is 0.638. The number of ether oxygens (including phenoxy) is 1. The Bertz CT molecular complexity index is 336. The van der Waals surface area contributed by atoms with E-state index in [2.05, 4.69) is 10.6 Å². The number of nitrogens with one attached hydrogen (secondary N) is 2. The fraction of sp³-hybridized carbons (Fsp3) is 0.846. The zero-order valence-electron chi connectivity index (χ0n) is 11.2. The van der Waals surface area contributed by atoms with Crippen molar-refractivity contribution in [1.29, 1.82) is 0 Å². The summed E-state index contributed by atoms with van der Waals surface area (Å²) in [7, 11) is 1.33. The van der Waals surface area contributed by atoms with Crippen LogP contribution in [0.4, 0.5) is 0 Å². The molecule has 108 valence electrons. The van der Waals surface area contributed by atoms with Crippen molar-refractivity contribution in [2.45, 2.75) is 50.3 Å². The van der Waals surface area contributed by atoms with Crippen LogP contribution < -0.4 is 10.6 Å². The molecule has 19 heavy (non-hydrogen) atoms. The van der Waals surface area contributed by atoms with Crippen molar-refractivity contribution in [2.75, 3.05) is 13.7 Å². The maximum atomic E-state index is 11.8. The van der Waals surface area contributed by atoms with Crippen LogP contribution in [0.1, 0.15) is 32.1 Å². The SMILES string of the molecule is COC(CNC(=O)CC1CC2CCC(C1)N2)C(=O)O. The van der Waals surface area contributed by atoms with Crippen LogP contribution in [-0.2, 0) is 14.3 Å². The van der Waals surface area contributed by atoms with Gasteiger partial charge in [-0.15, -0.1) is 0 Å². The molecular formula is C13H22N2O4. The Morgan fingerprint density at radius 3 is 2.53 bits per heavy atom. The largest absolute Gasteiger partial charge is 0.479 e. The summed E-state index contributed by atoms with van der Waals surface area (Å²) in [6, 6.07) is 1.14. The first-order chi connectivity index (χ1) is 9.08. The summed E-state index contributed by atoms with van der Waals surface area (Å²) >= 11 is 0. The first-order valence-electron chi connectivity index (χ1n) is 6.86. The second-order valence-corrected chi connectivity index (χ2v) is 5.55. The minimum absolute atomic E-state index is 0.0303. The molecule has 6 heteroatoms. The lowest BCUT2D eigenvalue weighted by Crippen LogP contribution is -2.41. The van der Waals surface area contributed by atoms with Gasteiger partial charge in [0.25, 0.3) is 0 Å². The van der Waals surface area contributed by atoms with Crippen molar-refractivity contribution < 1.29 is 19.4 Å². The average molecular weight is 270 g/mol. The van der Waals surface area contributed by atoms with E-state index in [-0.39, 0.29) is 12.5 Å². The molecule has 3 atom stereocenters. The van der Waals surface area contributed by atoms with Gasteiger partial charge in [-0.25, -0.2) is 4.79 Å². The third-order valence-corrected chi connectivity index (χ3v) is 4.09. The molecule has 3 N–H and O–H groups in total. The van der Waals surface area contributed by atoms with E-state index in [1.807, 2.05) is 0 Å². The van der Waals surface area contributed by atoms with Gasteiger partial charge in [-0.1, -0.05) is 0 Å². The van der Waals surface area contributed by atoms with E-state index >= 15 is 0 Å². The Morgan fingerprint density at radius 2 is 2.00 bits per heavy atom. The van der Waals surface area contributed by atoms with Gasteiger partial charge in [0.05, 0.1) is 6.54 Å². The van der Waals surface area contributed by atoms with Crippen molar-refractivity contribution in [3.05, 3.63) is 0 Å². The van der Waals surface area contributed by atoms with Crippen LogP contribution in [0.5, 0.6) is 0 Å². The Kier molecular flexibility index (Phi) is 4.76. The number of carbonyl (C=O) groups is 2. The highest BCUT2D eigenvalue weighted by atomic mass is 16.5. The number of aliphatic carboxylic acids is 1. The fourth-order valence-electron chi connectivity index (χ4n) is 3.15. The molecule has 1 amide bonds. The topological polar surface area (TPSA) is 87.7 Å². The highest BCUT2D eigenvalue weighted by Gasteiger charge is 2.34. The molecule has 0 saturated carbocycles. The second-order valence-electron chi connectivity index (χ2n) is 5.55. The van der Waals surface area contributed by atoms with E-state index in [1.54, 1.807) is 0 Å². The molecule has 2 rings (SSSR count). The van der Waals surface area contributed by atoms with Gasteiger partial charge in [-0.05, 0) is 31.6 Å². The predicted octanol–water partition coefficient (Wildman–Crippen LogP) is 0.123. The third-order valence-electron chi connectivity index (χ3n) is 4.09. The molecule has 0 aromatic rings. The van der Waals surface area contributed by atoms with Gasteiger partial charge in [-0.3, -0.25) is 4.79 Å². The van der Waals surface area contributed by atoms with E-state index in [4.69, 9.17) is 9.84 Å². The summed E-state index contributed by atoms with van der Waals surface area (Å²) in [6.45, 7) is 0.0303. The van der Waals surface area contributed by atoms with Crippen LogP contribution in [0.3, 0.4) is 0 Å². The molecule has 6 nitrogen and oxygen atoms in total.